The van der Waals surface area contributed by atoms with E-state index < -0.39 is 0 Å². The molecule has 0 spiro atoms. The van der Waals surface area contributed by atoms with E-state index in [-0.39, 0.29) is 30.8 Å². The van der Waals surface area contributed by atoms with Crippen LogP contribution in [0.3, 0.4) is 0 Å². The van der Waals surface area contributed by atoms with Crippen LogP contribution in [0.25, 0.3) is 0 Å². The van der Waals surface area contributed by atoms with E-state index in [0.29, 0.717) is 0 Å². The summed E-state index contributed by atoms with van der Waals surface area (Å²) in [6.07, 6.45) is 0. The first-order valence-corrected chi connectivity index (χ1v) is 3.50. The topological polar surface area (TPSA) is 175 Å². The minimum atomic E-state index is 0. The van der Waals surface area contributed by atoms with Crippen LogP contribution in [0, 0.1) is 0 Å². The molecule has 5 heteroatoms. The molecule has 0 aromatic heterocycles. The summed E-state index contributed by atoms with van der Waals surface area (Å²) in [4.78, 5) is 0. The van der Waals surface area contributed by atoms with Crippen LogP contribution >= 0.6 is 0 Å². The van der Waals surface area contributed by atoms with Gasteiger partial charge in [0.1, 0.15) is 0 Å². The van der Waals surface area contributed by atoms with Crippen molar-refractivity contribution >= 4 is 0 Å². The van der Waals surface area contributed by atoms with E-state index in [1.165, 1.54) is 0 Å². The molecule has 19 heavy (non-hydrogen) atoms. The molecule has 0 unspecified atom stereocenters. The van der Waals surface area contributed by atoms with Gasteiger partial charge in [-0.25, -0.2) is 0 Å². The molecule has 0 aliphatic carbocycles. The summed E-state index contributed by atoms with van der Waals surface area (Å²) in [5, 5.41) is 0. The zero-order valence-corrected chi connectivity index (χ0v) is 13.4. The third-order valence-corrected chi connectivity index (χ3v) is 0. The van der Waals surface area contributed by atoms with Crippen LogP contribution in [-0.2, 0) is 0 Å². The molecule has 15 N–H and O–H groups in total. The summed E-state index contributed by atoms with van der Waals surface area (Å²) in [6, 6.07) is 0. The molecule has 0 rings (SSSR count). The van der Waals surface area contributed by atoms with Crippen LogP contribution in [0.15, 0.2) is 92.1 Å². The van der Waals surface area contributed by atoms with E-state index in [9.17, 15) is 0 Å². The van der Waals surface area contributed by atoms with Gasteiger partial charge in [0.15, 0.2) is 0 Å². The van der Waals surface area contributed by atoms with Crippen molar-refractivity contribution in [1.29, 1.82) is 0 Å². The van der Waals surface area contributed by atoms with Crippen molar-refractivity contribution < 1.29 is 0 Å². The second-order valence-corrected chi connectivity index (χ2v) is 0. The fourth-order valence-corrected chi connectivity index (χ4v) is 0. The van der Waals surface area contributed by atoms with Crippen LogP contribution in [0.2, 0.25) is 0 Å². The molecule has 0 saturated heterocycles. The van der Waals surface area contributed by atoms with E-state index in [1.54, 1.807) is 0 Å². The lowest BCUT2D eigenvalue weighted by atomic mass is 11.3. The number of hydrogen-bond acceptors (Lipinski definition) is 5. The summed E-state index contributed by atoms with van der Waals surface area (Å²) in [5.41, 5.74) is 0. The largest absolute Gasteiger partial charge is 0.344 e. The highest BCUT2D eigenvalue weighted by atomic mass is 14.0. The Bertz CT molecular complexity index is 35.4. The first kappa shape index (κ1) is 175. The Hall–Kier alpha value is -2.02. The standard InChI is InChI=1S/7C2H4.5H3N/c7*1-2;;;;;/h7*1-2H2;5*1H3. The molecular formula is C14H43N5. The lowest BCUT2D eigenvalue weighted by molar-refractivity contribution is 2.13. The van der Waals surface area contributed by atoms with Crippen molar-refractivity contribution in [3.05, 3.63) is 92.1 Å². The fourth-order valence-electron chi connectivity index (χ4n) is 0. The highest BCUT2D eigenvalue weighted by molar-refractivity contribution is 4.23. The molecule has 0 amide bonds. The summed E-state index contributed by atoms with van der Waals surface area (Å²) < 4.78 is 0. The maximum absolute atomic E-state index is 3.00. The van der Waals surface area contributed by atoms with Crippen molar-refractivity contribution in [3.63, 3.8) is 0 Å². The molecule has 0 aromatic rings. The minimum Gasteiger partial charge on any atom is -0.344 e. The third kappa shape index (κ3) is 765. The van der Waals surface area contributed by atoms with Gasteiger partial charge < -0.3 is 30.8 Å². The smallest absolute Gasteiger partial charge is 0.106 e. The maximum Gasteiger partial charge on any atom is -0.106 e. The van der Waals surface area contributed by atoms with Gasteiger partial charge in [-0.1, -0.05) is 0 Å². The van der Waals surface area contributed by atoms with Crippen molar-refractivity contribution in [2.45, 2.75) is 0 Å². The maximum atomic E-state index is 3.00. The summed E-state index contributed by atoms with van der Waals surface area (Å²) >= 11 is 0. The fraction of sp³-hybridized carbons (Fsp3) is 0. The summed E-state index contributed by atoms with van der Waals surface area (Å²) in [5.74, 6) is 0. The summed E-state index contributed by atoms with van der Waals surface area (Å²) in [7, 11) is 0. The average Bonchev–Trinajstić information content (AvgIpc) is 2.45. The van der Waals surface area contributed by atoms with Crippen LogP contribution in [0.4, 0.5) is 0 Å². The van der Waals surface area contributed by atoms with Gasteiger partial charge in [-0.05, 0) is 0 Å². The van der Waals surface area contributed by atoms with Gasteiger partial charge in [0.25, 0.3) is 0 Å². The zero-order chi connectivity index (χ0) is 14.0. The normalized spacial score (nSPS) is 1.47. The Balaban J connectivity index is -0.00000000288. The Morgan fingerprint density at radius 1 is 0.158 bits per heavy atom. The van der Waals surface area contributed by atoms with E-state index in [1.807, 2.05) is 0 Å². The molecule has 0 aromatic carbocycles. The molecule has 0 bridgehead atoms. The van der Waals surface area contributed by atoms with Crippen molar-refractivity contribution in [2.75, 3.05) is 0 Å². The molecule has 5 nitrogen and oxygen atoms in total. The molecule has 0 aliphatic rings. The van der Waals surface area contributed by atoms with Crippen LogP contribution in [-0.4, -0.2) is 0 Å². The lowest BCUT2D eigenvalue weighted by Gasteiger charge is -0.813. The first-order valence-electron chi connectivity index (χ1n) is 3.50. The molecule has 0 saturated carbocycles. The number of rotatable bonds is 0. The second-order valence-electron chi connectivity index (χ2n) is 0. The molecule has 0 heterocycles. The molecule has 0 fully saturated rings. The van der Waals surface area contributed by atoms with Crippen LogP contribution in [0.5, 0.6) is 0 Å². The lowest BCUT2D eigenvalue weighted by Crippen LogP contribution is -0.552. The monoisotopic (exact) mass is 281 g/mol. The summed E-state index contributed by atoms with van der Waals surface area (Å²) in [6.45, 7) is 42.0. The average molecular weight is 282 g/mol. The highest BCUT2D eigenvalue weighted by Crippen LogP contribution is 0.874. The van der Waals surface area contributed by atoms with Gasteiger partial charge in [0.05, 0.1) is 0 Å². The van der Waals surface area contributed by atoms with Gasteiger partial charge in [-0.2, -0.15) is 0 Å². The molecule has 0 atom stereocenters. The van der Waals surface area contributed by atoms with Gasteiger partial charge in [-0.3, -0.25) is 0 Å². The van der Waals surface area contributed by atoms with Crippen LogP contribution in [0.1, 0.15) is 0 Å². The third-order valence-electron chi connectivity index (χ3n) is 0. The molecule has 0 aliphatic heterocycles. The van der Waals surface area contributed by atoms with Crippen molar-refractivity contribution in [2.24, 2.45) is 0 Å². The molecular weight excluding hydrogens is 238 g/mol. The highest BCUT2D eigenvalue weighted by Gasteiger charge is 0.613. The molecule has 0 radical (unpaired) electrons. The van der Waals surface area contributed by atoms with E-state index in [2.05, 4.69) is 92.1 Å². The SMILES string of the molecule is C=C.C=C.C=C.C=C.C=C.C=C.C=C.N.N.N.N.N. The quantitative estimate of drug-likeness (QED) is 0.321. The predicted molar refractivity (Wildman–Crippen MR) is 104 cm³/mol. The van der Waals surface area contributed by atoms with E-state index in [0.717, 1.165) is 0 Å². The van der Waals surface area contributed by atoms with E-state index >= 15 is 0 Å². The Kier molecular flexibility index (Phi) is 8090. The van der Waals surface area contributed by atoms with Gasteiger partial charge in [0.2, 0.25) is 0 Å². The Morgan fingerprint density at radius 3 is 0.158 bits per heavy atom. The second kappa shape index (κ2) is 879. The number of hydrogen-bond donors (Lipinski definition) is 5. The zero-order valence-electron chi connectivity index (χ0n) is 13.4. The van der Waals surface area contributed by atoms with Gasteiger partial charge in [0, 0.05) is 0 Å². The van der Waals surface area contributed by atoms with Crippen molar-refractivity contribution in [3.8, 4) is 0 Å². The predicted octanol–water partition coefficient (Wildman–Crippen LogP) is 6.43. The van der Waals surface area contributed by atoms with Crippen molar-refractivity contribution in [1.82, 2.24) is 30.8 Å². The first-order chi connectivity index (χ1) is 7.00. The van der Waals surface area contributed by atoms with Gasteiger partial charge in [-0.15, -0.1) is 92.1 Å². The minimum absolute atomic E-state index is 0. The van der Waals surface area contributed by atoms with E-state index in [4.69, 9.17) is 0 Å². The molecule has 124 valence electrons. The van der Waals surface area contributed by atoms with Crippen LogP contribution < -0.4 is 30.8 Å². The Labute approximate surface area is 123 Å². The van der Waals surface area contributed by atoms with Gasteiger partial charge >= 0.3 is 0 Å². The Morgan fingerprint density at radius 2 is 0.158 bits per heavy atom.